The van der Waals surface area contributed by atoms with Crippen LogP contribution >= 0.6 is 0 Å². The highest BCUT2D eigenvalue weighted by molar-refractivity contribution is 5.94. The summed E-state index contributed by atoms with van der Waals surface area (Å²) in [6.07, 6.45) is 8.65. The third kappa shape index (κ3) is 5.55. The minimum absolute atomic E-state index is 0.00513. The Bertz CT molecular complexity index is 947. The highest BCUT2D eigenvalue weighted by Crippen LogP contribution is 2.34. The maximum absolute atomic E-state index is 13.2. The lowest BCUT2D eigenvalue weighted by molar-refractivity contribution is 0.0564. The topological polar surface area (TPSA) is 62.7 Å². The van der Waals surface area contributed by atoms with Crippen molar-refractivity contribution < 1.29 is 14.3 Å². The minimum Gasteiger partial charge on any atom is -0.443 e. The van der Waals surface area contributed by atoms with Crippen LogP contribution in [0.2, 0.25) is 0 Å². The highest BCUT2D eigenvalue weighted by atomic mass is 16.6. The molecule has 1 aromatic heterocycles. The summed E-state index contributed by atoms with van der Waals surface area (Å²) >= 11 is 0. The summed E-state index contributed by atoms with van der Waals surface area (Å²) < 4.78 is 5.70. The van der Waals surface area contributed by atoms with E-state index >= 15 is 0 Å². The van der Waals surface area contributed by atoms with Crippen molar-refractivity contribution in [3.8, 4) is 0 Å². The SMILES string of the molecule is CC(C)(C)OC(=O)N(c1ccc(C2CCCCN2C(=O)c2ccccc2)cn1)C1CCCC1. The number of hydrogen-bond acceptors (Lipinski definition) is 4. The Morgan fingerprint density at radius 2 is 1.67 bits per heavy atom. The molecule has 0 bridgehead atoms. The molecule has 1 saturated carbocycles. The highest BCUT2D eigenvalue weighted by Gasteiger charge is 2.33. The van der Waals surface area contributed by atoms with Crippen molar-refractivity contribution >= 4 is 17.8 Å². The summed E-state index contributed by atoms with van der Waals surface area (Å²) in [5.74, 6) is 0.683. The van der Waals surface area contributed by atoms with Crippen LogP contribution in [0.15, 0.2) is 48.7 Å². The van der Waals surface area contributed by atoms with E-state index in [2.05, 4.69) is 0 Å². The van der Waals surface area contributed by atoms with Gasteiger partial charge in [0.2, 0.25) is 0 Å². The molecule has 4 rings (SSSR count). The van der Waals surface area contributed by atoms with Crippen molar-refractivity contribution in [3.05, 3.63) is 59.8 Å². The molecule has 33 heavy (non-hydrogen) atoms. The number of benzene rings is 1. The smallest absolute Gasteiger partial charge is 0.416 e. The van der Waals surface area contributed by atoms with Crippen LogP contribution in [0.4, 0.5) is 10.6 Å². The van der Waals surface area contributed by atoms with Crippen molar-refractivity contribution in [2.45, 2.75) is 83.4 Å². The lowest BCUT2D eigenvalue weighted by atomic mass is 9.95. The largest absolute Gasteiger partial charge is 0.443 e. The van der Waals surface area contributed by atoms with Crippen molar-refractivity contribution in [1.29, 1.82) is 0 Å². The van der Waals surface area contributed by atoms with Gasteiger partial charge in [-0.2, -0.15) is 0 Å². The van der Waals surface area contributed by atoms with Gasteiger partial charge in [0, 0.05) is 24.3 Å². The Balaban J connectivity index is 1.57. The van der Waals surface area contributed by atoms with Crippen LogP contribution in [0, 0.1) is 0 Å². The summed E-state index contributed by atoms with van der Waals surface area (Å²) in [5, 5.41) is 0. The molecule has 2 aromatic rings. The van der Waals surface area contributed by atoms with Crippen LogP contribution in [0.5, 0.6) is 0 Å². The first-order chi connectivity index (χ1) is 15.8. The Kier molecular flexibility index (Phi) is 7.01. The molecule has 0 N–H and O–H groups in total. The van der Waals surface area contributed by atoms with E-state index in [1.54, 1.807) is 4.90 Å². The molecule has 1 saturated heterocycles. The van der Waals surface area contributed by atoms with Crippen LogP contribution in [-0.2, 0) is 4.74 Å². The molecule has 2 amide bonds. The van der Waals surface area contributed by atoms with Crippen molar-refractivity contribution in [3.63, 3.8) is 0 Å². The molecule has 176 valence electrons. The molecule has 1 aliphatic carbocycles. The van der Waals surface area contributed by atoms with Gasteiger partial charge in [-0.3, -0.25) is 9.69 Å². The quantitative estimate of drug-likeness (QED) is 0.563. The number of nitrogens with zero attached hydrogens (tertiary/aromatic N) is 3. The van der Waals surface area contributed by atoms with Crippen LogP contribution in [0.25, 0.3) is 0 Å². The van der Waals surface area contributed by atoms with E-state index in [0.29, 0.717) is 11.4 Å². The van der Waals surface area contributed by atoms with Gasteiger partial charge < -0.3 is 9.64 Å². The molecule has 6 nitrogen and oxygen atoms in total. The number of hydrogen-bond donors (Lipinski definition) is 0. The molecule has 0 spiro atoms. The Hall–Kier alpha value is -2.89. The fraction of sp³-hybridized carbons (Fsp3) is 0.519. The van der Waals surface area contributed by atoms with Crippen LogP contribution in [0.3, 0.4) is 0 Å². The summed E-state index contributed by atoms with van der Waals surface area (Å²) in [6.45, 7) is 6.40. The Labute approximate surface area is 196 Å². The van der Waals surface area contributed by atoms with Crippen LogP contribution < -0.4 is 4.90 Å². The van der Waals surface area contributed by atoms with Gasteiger partial charge in [0.15, 0.2) is 0 Å². The van der Waals surface area contributed by atoms with E-state index in [-0.39, 0.29) is 24.1 Å². The predicted octanol–water partition coefficient (Wildman–Crippen LogP) is 6.13. The summed E-state index contributed by atoms with van der Waals surface area (Å²) in [7, 11) is 0. The van der Waals surface area contributed by atoms with Crippen molar-refractivity contribution in [1.82, 2.24) is 9.88 Å². The number of carbonyl (C=O) groups excluding carboxylic acids is 2. The van der Waals surface area contributed by atoms with Crippen molar-refractivity contribution in [2.24, 2.45) is 0 Å². The van der Waals surface area contributed by atoms with E-state index in [9.17, 15) is 9.59 Å². The zero-order chi connectivity index (χ0) is 23.4. The van der Waals surface area contributed by atoms with E-state index < -0.39 is 5.60 Å². The zero-order valence-corrected chi connectivity index (χ0v) is 20.0. The van der Waals surface area contributed by atoms with Gasteiger partial charge in [0.05, 0.1) is 6.04 Å². The second-order valence-corrected chi connectivity index (χ2v) is 10.1. The maximum Gasteiger partial charge on any atom is 0.416 e. The number of anilines is 1. The van der Waals surface area contributed by atoms with Gasteiger partial charge in [-0.25, -0.2) is 9.78 Å². The Morgan fingerprint density at radius 1 is 0.970 bits per heavy atom. The number of ether oxygens (including phenoxy) is 1. The number of carbonyl (C=O) groups is 2. The molecule has 2 fully saturated rings. The van der Waals surface area contributed by atoms with E-state index in [1.165, 1.54) is 0 Å². The number of likely N-dealkylation sites (tertiary alicyclic amines) is 1. The fourth-order valence-corrected chi connectivity index (χ4v) is 4.91. The normalized spacial score (nSPS) is 19.4. The zero-order valence-electron chi connectivity index (χ0n) is 20.0. The van der Waals surface area contributed by atoms with Crippen LogP contribution in [-0.4, -0.2) is 40.1 Å². The van der Waals surface area contributed by atoms with E-state index in [4.69, 9.17) is 9.72 Å². The second kappa shape index (κ2) is 9.94. The van der Waals surface area contributed by atoms with Gasteiger partial charge in [-0.05, 0) is 76.6 Å². The number of aromatic nitrogens is 1. The first-order valence-corrected chi connectivity index (χ1v) is 12.2. The molecule has 1 atom stereocenters. The van der Waals surface area contributed by atoms with Gasteiger partial charge in [0.1, 0.15) is 11.4 Å². The monoisotopic (exact) mass is 449 g/mol. The standard InChI is InChI=1S/C27H35N3O3/c1-27(2,3)33-26(32)30(22-13-7-8-14-22)24-17-16-21(19-28-24)23-15-9-10-18-29(23)25(31)20-11-5-4-6-12-20/h4-6,11-12,16-17,19,22-23H,7-10,13-15,18H2,1-3H3. The summed E-state index contributed by atoms with van der Waals surface area (Å²) in [5.41, 5.74) is 1.17. The van der Waals surface area contributed by atoms with Gasteiger partial charge in [-0.15, -0.1) is 0 Å². The third-order valence-electron chi connectivity index (χ3n) is 6.47. The summed E-state index contributed by atoms with van der Waals surface area (Å²) in [6, 6.07) is 13.5. The molecular formula is C27H35N3O3. The molecular weight excluding hydrogens is 414 g/mol. The first kappa shape index (κ1) is 23.3. The average molecular weight is 450 g/mol. The number of amides is 2. The molecule has 2 heterocycles. The number of rotatable bonds is 4. The number of pyridine rings is 1. The summed E-state index contributed by atoms with van der Waals surface area (Å²) in [4.78, 5) is 34.6. The van der Waals surface area contributed by atoms with Crippen LogP contribution in [0.1, 0.15) is 87.7 Å². The lowest BCUT2D eigenvalue weighted by Gasteiger charge is -2.36. The average Bonchev–Trinajstić information content (AvgIpc) is 3.33. The van der Waals surface area contributed by atoms with E-state index in [0.717, 1.165) is 57.1 Å². The third-order valence-corrected chi connectivity index (χ3v) is 6.47. The Morgan fingerprint density at radius 3 is 2.30 bits per heavy atom. The molecule has 1 aromatic carbocycles. The molecule has 6 heteroatoms. The molecule has 1 unspecified atom stereocenters. The van der Waals surface area contributed by atoms with Gasteiger partial charge in [-0.1, -0.05) is 37.1 Å². The fourth-order valence-electron chi connectivity index (χ4n) is 4.91. The number of piperidine rings is 1. The minimum atomic E-state index is -0.561. The maximum atomic E-state index is 13.2. The second-order valence-electron chi connectivity index (χ2n) is 10.1. The molecule has 1 aliphatic heterocycles. The van der Waals surface area contributed by atoms with Gasteiger partial charge >= 0.3 is 6.09 Å². The lowest BCUT2D eigenvalue weighted by Crippen LogP contribution is -2.43. The molecule has 0 radical (unpaired) electrons. The van der Waals surface area contributed by atoms with Gasteiger partial charge in [0.25, 0.3) is 5.91 Å². The van der Waals surface area contributed by atoms with E-state index in [1.807, 2.05) is 74.3 Å². The van der Waals surface area contributed by atoms with Crippen molar-refractivity contribution in [2.75, 3.05) is 11.4 Å². The first-order valence-electron chi connectivity index (χ1n) is 12.2. The predicted molar refractivity (Wildman–Crippen MR) is 129 cm³/mol. The molecule has 2 aliphatic rings.